The minimum atomic E-state index is 0.00896. The molecule has 2 aliphatic rings. The van der Waals surface area contributed by atoms with Gasteiger partial charge in [-0.2, -0.15) is 0 Å². The number of hydrogen-bond donors (Lipinski definition) is 2. The van der Waals surface area contributed by atoms with Crippen molar-refractivity contribution >= 4 is 5.91 Å². The molecule has 3 N–H and O–H groups in total. The predicted octanol–water partition coefficient (Wildman–Crippen LogP) is -0.134. The number of amides is 1. The molecule has 2 rings (SSSR count). The Morgan fingerprint density at radius 2 is 1.89 bits per heavy atom. The van der Waals surface area contributed by atoms with Crippen LogP contribution in [0.4, 0.5) is 0 Å². The van der Waals surface area contributed by atoms with Gasteiger partial charge < -0.3 is 16.0 Å². The van der Waals surface area contributed by atoms with Crippen LogP contribution in [0.5, 0.6) is 0 Å². The molecular formula is C14H28N4O. The first-order chi connectivity index (χ1) is 9.10. The molecule has 0 spiro atoms. The van der Waals surface area contributed by atoms with E-state index in [1.54, 1.807) is 0 Å². The summed E-state index contributed by atoms with van der Waals surface area (Å²) >= 11 is 0. The van der Waals surface area contributed by atoms with Gasteiger partial charge in [-0.1, -0.05) is 6.92 Å². The van der Waals surface area contributed by atoms with Gasteiger partial charge in [0.25, 0.3) is 0 Å². The zero-order valence-corrected chi connectivity index (χ0v) is 12.3. The minimum absolute atomic E-state index is 0.00896. The monoisotopic (exact) mass is 268 g/mol. The summed E-state index contributed by atoms with van der Waals surface area (Å²) in [4.78, 5) is 16.8. The molecule has 1 saturated heterocycles. The van der Waals surface area contributed by atoms with Crippen LogP contribution < -0.4 is 11.1 Å². The van der Waals surface area contributed by atoms with Gasteiger partial charge in [0.15, 0.2) is 0 Å². The number of carbonyl (C=O) groups is 1. The average Bonchev–Trinajstić information content (AvgIpc) is 3.22. The molecule has 1 heterocycles. The molecule has 0 bridgehead atoms. The van der Waals surface area contributed by atoms with Crippen molar-refractivity contribution in [2.45, 2.75) is 38.8 Å². The van der Waals surface area contributed by atoms with Crippen molar-refractivity contribution in [3.05, 3.63) is 0 Å². The normalized spacial score (nSPS) is 25.0. The van der Waals surface area contributed by atoms with Crippen molar-refractivity contribution in [2.75, 3.05) is 39.3 Å². The molecule has 2 fully saturated rings. The van der Waals surface area contributed by atoms with Gasteiger partial charge in [0, 0.05) is 38.8 Å². The van der Waals surface area contributed by atoms with Crippen LogP contribution in [0.3, 0.4) is 0 Å². The number of carbonyl (C=O) groups excluding carboxylic acids is 1. The van der Waals surface area contributed by atoms with Crippen LogP contribution in [0.1, 0.15) is 26.7 Å². The molecule has 0 aromatic carbocycles. The largest absolute Gasteiger partial charge is 0.352 e. The van der Waals surface area contributed by atoms with Crippen molar-refractivity contribution in [3.63, 3.8) is 0 Å². The fraction of sp³-hybridized carbons (Fsp3) is 0.929. The Hall–Kier alpha value is -0.650. The van der Waals surface area contributed by atoms with Gasteiger partial charge in [-0.3, -0.25) is 9.69 Å². The van der Waals surface area contributed by atoms with E-state index in [-0.39, 0.29) is 11.9 Å². The van der Waals surface area contributed by atoms with E-state index in [0.29, 0.717) is 12.0 Å². The second-order valence-electron chi connectivity index (χ2n) is 6.14. The molecular weight excluding hydrogens is 240 g/mol. The minimum Gasteiger partial charge on any atom is -0.352 e. The number of hydrogen-bond acceptors (Lipinski definition) is 4. The molecule has 110 valence electrons. The second kappa shape index (κ2) is 6.68. The van der Waals surface area contributed by atoms with Crippen LogP contribution in [0.2, 0.25) is 0 Å². The Morgan fingerprint density at radius 3 is 2.42 bits per heavy atom. The fourth-order valence-electron chi connectivity index (χ4n) is 2.56. The van der Waals surface area contributed by atoms with Crippen LogP contribution in [-0.2, 0) is 4.79 Å². The molecule has 2 atom stereocenters. The predicted molar refractivity (Wildman–Crippen MR) is 76.9 cm³/mol. The molecule has 2 unspecified atom stereocenters. The lowest BCUT2D eigenvalue weighted by molar-refractivity contribution is -0.126. The molecule has 0 radical (unpaired) electrons. The molecule has 1 aliphatic carbocycles. The van der Waals surface area contributed by atoms with Crippen LogP contribution in [0.25, 0.3) is 0 Å². The maximum Gasteiger partial charge on any atom is 0.237 e. The molecule has 1 amide bonds. The lowest BCUT2D eigenvalue weighted by Gasteiger charge is -2.38. The summed E-state index contributed by atoms with van der Waals surface area (Å²) in [6, 6.07) is 0.469. The standard InChI is InChI=1S/C14H28N4O/c1-11(9-15)10-17-5-7-18(8-6-17)12(2)14(19)16-13-3-4-13/h11-13H,3-10,15H2,1-2H3,(H,16,19). The van der Waals surface area contributed by atoms with Crippen LogP contribution in [0, 0.1) is 5.92 Å². The second-order valence-corrected chi connectivity index (χ2v) is 6.14. The maximum absolute atomic E-state index is 12.0. The molecule has 0 aromatic heterocycles. The number of piperazine rings is 1. The lowest BCUT2D eigenvalue weighted by atomic mass is 10.1. The van der Waals surface area contributed by atoms with E-state index in [2.05, 4.69) is 22.0 Å². The highest BCUT2D eigenvalue weighted by Gasteiger charge is 2.29. The van der Waals surface area contributed by atoms with Gasteiger partial charge in [-0.05, 0) is 32.2 Å². The van der Waals surface area contributed by atoms with Crippen LogP contribution in [-0.4, -0.2) is 67.1 Å². The van der Waals surface area contributed by atoms with Crippen molar-refractivity contribution in [2.24, 2.45) is 11.7 Å². The topological polar surface area (TPSA) is 61.6 Å². The molecule has 1 saturated carbocycles. The number of nitrogens with one attached hydrogen (secondary N) is 1. The van der Waals surface area contributed by atoms with E-state index in [9.17, 15) is 4.79 Å². The van der Waals surface area contributed by atoms with E-state index >= 15 is 0 Å². The summed E-state index contributed by atoms with van der Waals surface area (Å²) in [6.07, 6.45) is 2.31. The average molecular weight is 268 g/mol. The quantitative estimate of drug-likeness (QED) is 0.704. The fourth-order valence-corrected chi connectivity index (χ4v) is 2.56. The van der Waals surface area contributed by atoms with Gasteiger partial charge in [0.1, 0.15) is 0 Å². The summed E-state index contributed by atoms with van der Waals surface area (Å²) in [5.41, 5.74) is 5.67. The Kier molecular flexibility index (Phi) is 5.19. The number of rotatable bonds is 6. The third-order valence-corrected chi connectivity index (χ3v) is 4.23. The van der Waals surface area contributed by atoms with Crippen LogP contribution in [0.15, 0.2) is 0 Å². The van der Waals surface area contributed by atoms with Crippen molar-refractivity contribution in [1.29, 1.82) is 0 Å². The Bertz CT molecular complexity index is 298. The summed E-state index contributed by atoms with van der Waals surface area (Å²) < 4.78 is 0. The Morgan fingerprint density at radius 1 is 1.26 bits per heavy atom. The highest BCUT2D eigenvalue weighted by Crippen LogP contribution is 2.19. The summed E-state index contributed by atoms with van der Waals surface area (Å²) in [6.45, 7) is 10.1. The Labute approximate surface area is 116 Å². The van der Waals surface area contributed by atoms with Gasteiger partial charge in [0.2, 0.25) is 5.91 Å². The third-order valence-electron chi connectivity index (χ3n) is 4.23. The Balaban J connectivity index is 1.70. The zero-order valence-electron chi connectivity index (χ0n) is 12.3. The molecule has 19 heavy (non-hydrogen) atoms. The van der Waals surface area contributed by atoms with Crippen LogP contribution >= 0.6 is 0 Å². The first kappa shape index (κ1) is 14.8. The zero-order chi connectivity index (χ0) is 13.8. The van der Waals surface area contributed by atoms with Crippen molar-refractivity contribution in [1.82, 2.24) is 15.1 Å². The highest BCUT2D eigenvalue weighted by molar-refractivity contribution is 5.81. The summed E-state index contributed by atoms with van der Waals surface area (Å²) in [7, 11) is 0. The SMILES string of the molecule is CC(CN)CN1CCN(C(C)C(=O)NC2CC2)CC1. The van der Waals surface area contributed by atoms with Gasteiger partial charge in [-0.25, -0.2) is 0 Å². The van der Waals surface area contributed by atoms with E-state index in [1.165, 1.54) is 0 Å². The van der Waals surface area contributed by atoms with E-state index in [4.69, 9.17) is 5.73 Å². The van der Waals surface area contributed by atoms with Gasteiger partial charge in [0.05, 0.1) is 6.04 Å². The number of nitrogens with zero attached hydrogens (tertiary/aromatic N) is 2. The highest BCUT2D eigenvalue weighted by atomic mass is 16.2. The molecule has 1 aliphatic heterocycles. The van der Waals surface area contributed by atoms with E-state index < -0.39 is 0 Å². The summed E-state index contributed by atoms with van der Waals surface area (Å²) in [5, 5.41) is 3.09. The smallest absolute Gasteiger partial charge is 0.237 e. The van der Waals surface area contributed by atoms with Crippen molar-refractivity contribution < 1.29 is 4.79 Å². The molecule has 5 heteroatoms. The lowest BCUT2D eigenvalue weighted by Crippen LogP contribution is -2.54. The maximum atomic E-state index is 12.0. The molecule has 5 nitrogen and oxygen atoms in total. The van der Waals surface area contributed by atoms with E-state index in [0.717, 1.165) is 52.1 Å². The first-order valence-electron chi connectivity index (χ1n) is 7.57. The third kappa shape index (κ3) is 4.44. The van der Waals surface area contributed by atoms with E-state index in [1.807, 2.05) is 6.92 Å². The summed E-state index contributed by atoms with van der Waals surface area (Å²) in [5.74, 6) is 0.758. The van der Waals surface area contributed by atoms with Gasteiger partial charge in [-0.15, -0.1) is 0 Å². The van der Waals surface area contributed by atoms with Gasteiger partial charge >= 0.3 is 0 Å². The number of nitrogens with two attached hydrogens (primary N) is 1. The van der Waals surface area contributed by atoms with Crippen molar-refractivity contribution in [3.8, 4) is 0 Å². The first-order valence-corrected chi connectivity index (χ1v) is 7.57. The molecule has 0 aromatic rings.